The number of ketones is 1. The van der Waals surface area contributed by atoms with E-state index in [-0.39, 0.29) is 30.7 Å². The standard InChI is InChI=1S/C28H42N4O6/c1-19(2)29-27(36)25(34)22(14-15-24(33)32(3)17-16-20-10-6-4-7-11-20)30-26(35)23(31-28(37)38)18-21-12-8-5-9-13-21/h4,6-7,10-11,19,21-23,31H,5,8-9,12-18H2,1-3H3,(H,29,36)(H,30,35)(H,37,38)/t22-,23-/m0/s1. The van der Waals surface area contributed by atoms with Gasteiger partial charge in [0.1, 0.15) is 6.04 Å². The van der Waals surface area contributed by atoms with Crippen LogP contribution in [0.25, 0.3) is 0 Å². The molecule has 0 aromatic heterocycles. The maximum Gasteiger partial charge on any atom is 0.405 e. The Balaban J connectivity index is 2.06. The highest BCUT2D eigenvalue weighted by molar-refractivity contribution is 6.38. The molecule has 10 nitrogen and oxygen atoms in total. The molecule has 4 amide bonds. The zero-order valence-electron chi connectivity index (χ0n) is 22.7. The zero-order chi connectivity index (χ0) is 28.1. The summed E-state index contributed by atoms with van der Waals surface area (Å²) in [6.07, 6.45) is 4.52. The molecule has 0 spiro atoms. The van der Waals surface area contributed by atoms with Crippen molar-refractivity contribution in [2.45, 2.75) is 89.8 Å². The summed E-state index contributed by atoms with van der Waals surface area (Å²) < 4.78 is 0. The van der Waals surface area contributed by atoms with Crippen molar-refractivity contribution in [3.63, 3.8) is 0 Å². The molecule has 38 heavy (non-hydrogen) atoms. The molecule has 10 heteroatoms. The molecule has 1 aliphatic carbocycles. The van der Waals surface area contributed by atoms with Crippen LogP contribution < -0.4 is 16.0 Å². The molecule has 1 saturated carbocycles. The number of nitrogens with one attached hydrogen (secondary N) is 3. The minimum atomic E-state index is -1.34. The first-order chi connectivity index (χ1) is 18.1. The molecule has 1 fully saturated rings. The van der Waals surface area contributed by atoms with Crippen molar-refractivity contribution in [2.24, 2.45) is 5.92 Å². The largest absolute Gasteiger partial charge is 0.465 e. The van der Waals surface area contributed by atoms with Crippen LogP contribution in [0.4, 0.5) is 4.79 Å². The Hall–Kier alpha value is -3.43. The SMILES string of the molecule is CC(C)NC(=O)C(=O)[C@H](CCC(=O)N(C)CCc1ccccc1)NC(=O)[C@H](CC1CCCCC1)NC(=O)O. The molecule has 0 saturated heterocycles. The van der Waals surface area contributed by atoms with Crippen LogP contribution in [0.2, 0.25) is 0 Å². The molecular weight excluding hydrogens is 488 g/mol. The summed E-state index contributed by atoms with van der Waals surface area (Å²) in [6, 6.07) is 7.14. The third-order valence-electron chi connectivity index (χ3n) is 6.84. The van der Waals surface area contributed by atoms with Gasteiger partial charge in [-0.15, -0.1) is 0 Å². The average Bonchev–Trinajstić information content (AvgIpc) is 2.89. The third-order valence-corrected chi connectivity index (χ3v) is 6.84. The highest BCUT2D eigenvalue weighted by atomic mass is 16.4. The zero-order valence-corrected chi connectivity index (χ0v) is 22.7. The molecule has 0 bridgehead atoms. The van der Waals surface area contributed by atoms with E-state index in [9.17, 15) is 29.1 Å². The molecule has 0 aliphatic heterocycles. The highest BCUT2D eigenvalue weighted by Gasteiger charge is 2.32. The van der Waals surface area contributed by atoms with E-state index in [4.69, 9.17) is 0 Å². The van der Waals surface area contributed by atoms with Gasteiger partial charge in [-0.1, -0.05) is 62.4 Å². The molecule has 2 atom stereocenters. The molecule has 1 aromatic carbocycles. The van der Waals surface area contributed by atoms with Crippen LogP contribution in [0, 0.1) is 5.92 Å². The number of rotatable bonds is 14. The van der Waals surface area contributed by atoms with Crippen molar-refractivity contribution in [3.8, 4) is 0 Å². The van der Waals surface area contributed by atoms with Gasteiger partial charge in [0.25, 0.3) is 5.91 Å². The number of carbonyl (C=O) groups excluding carboxylic acids is 4. The van der Waals surface area contributed by atoms with Crippen molar-refractivity contribution in [3.05, 3.63) is 35.9 Å². The van der Waals surface area contributed by atoms with Gasteiger partial charge in [0.15, 0.2) is 0 Å². The summed E-state index contributed by atoms with van der Waals surface area (Å²) >= 11 is 0. The van der Waals surface area contributed by atoms with Gasteiger partial charge in [0.05, 0.1) is 6.04 Å². The van der Waals surface area contributed by atoms with Crippen LogP contribution in [0.5, 0.6) is 0 Å². The van der Waals surface area contributed by atoms with Crippen LogP contribution >= 0.6 is 0 Å². The Kier molecular flexibility index (Phi) is 12.8. The normalized spacial score (nSPS) is 15.3. The van der Waals surface area contributed by atoms with Gasteiger partial charge in [-0.2, -0.15) is 0 Å². The number of benzene rings is 1. The quantitative estimate of drug-likeness (QED) is 0.272. The number of carbonyl (C=O) groups is 5. The lowest BCUT2D eigenvalue weighted by Crippen LogP contribution is -2.54. The summed E-state index contributed by atoms with van der Waals surface area (Å²) in [7, 11) is 1.67. The van der Waals surface area contributed by atoms with Crippen molar-refractivity contribution in [1.29, 1.82) is 0 Å². The topological polar surface area (TPSA) is 145 Å². The minimum absolute atomic E-state index is 0.0589. The number of amides is 4. The molecule has 1 aliphatic rings. The van der Waals surface area contributed by atoms with E-state index in [1.807, 2.05) is 30.3 Å². The Bertz CT molecular complexity index is 946. The van der Waals surface area contributed by atoms with Gasteiger partial charge in [0, 0.05) is 26.1 Å². The second-order valence-corrected chi connectivity index (χ2v) is 10.4. The maximum absolute atomic E-state index is 13.1. The molecule has 0 heterocycles. The first kappa shape index (κ1) is 30.8. The maximum atomic E-state index is 13.1. The fraction of sp³-hybridized carbons (Fsp3) is 0.607. The van der Waals surface area contributed by atoms with Gasteiger partial charge >= 0.3 is 6.09 Å². The van der Waals surface area contributed by atoms with E-state index >= 15 is 0 Å². The number of Topliss-reactive ketones (excluding diaryl/α,β-unsaturated/α-hetero) is 1. The fourth-order valence-corrected chi connectivity index (χ4v) is 4.69. The van der Waals surface area contributed by atoms with E-state index in [1.54, 1.807) is 25.8 Å². The minimum Gasteiger partial charge on any atom is -0.465 e. The van der Waals surface area contributed by atoms with Gasteiger partial charge < -0.3 is 26.0 Å². The van der Waals surface area contributed by atoms with Crippen LogP contribution in [0.3, 0.4) is 0 Å². The monoisotopic (exact) mass is 530 g/mol. The second kappa shape index (κ2) is 15.7. The Morgan fingerprint density at radius 1 is 0.947 bits per heavy atom. The predicted octanol–water partition coefficient (Wildman–Crippen LogP) is 2.65. The van der Waals surface area contributed by atoms with Gasteiger partial charge in [-0.25, -0.2) is 4.79 Å². The molecule has 0 radical (unpaired) electrons. The number of likely N-dealkylation sites (N-methyl/N-ethyl adjacent to an activating group) is 1. The van der Waals surface area contributed by atoms with Crippen LogP contribution in [0.15, 0.2) is 30.3 Å². The molecular formula is C28H42N4O6. The molecule has 4 N–H and O–H groups in total. The van der Waals surface area contributed by atoms with E-state index < -0.39 is 35.8 Å². The van der Waals surface area contributed by atoms with Gasteiger partial charge in [-0.05, 0) is 44.6 Å². The summed E-state index contributed by atoms with van der Waals surface area (Å²) in [5, 5.41) is 16.7. The summed E-state index contributed by atoms with van der Waals surface area (Å²) in [4.78, 5) is 64.3. The highest BCUT2D eigenvalue weighted by Crippen LogP contribution is 2.27. The summed E-state index contributed by atoms with van der Waals surface area (Å²) in [6.45, 7) is 3.90. The number of nitrogens with zero attached hydrogens (tertiary/aromatic N) is 1. The first-order valence-corrected chi connectivity index (χ1v) is 13.5. The molecule has 210 valence electrons. The molecule has 2 rings (SSSR count). The van der Waals surface area contributed by atoms with Gasteiger partial charge in [-0.3, -0.25) is 19.2 Å². The van der Waals surface area contributed by atoms with Crippen LogP contribution in [-0.2, 0) is 25.6 Å². The van der Waals surface area contributed by atoms with E-state index in [2.05, 4.69) is 16.0 Å². The molecule has 1 aromatic rings. The van der Waals surface area contributed by atoms with Crippen LogP contribution in [-0.4, -0.2) is 71.3 Å². The van der Waals surface area contributed by atoms with Crippen LogP contribution in [0.1, 0.15) is 70.8 Å². The average molecular weight is 531 g/mol. The van der Waals surface area contributed by atoms with E-state index in [0.29, 0.717) is 19.4 Å². The summed E-state index contributed by atoms with van der Waals surface area (Å²) in [5.41, 5.74) is 1.09. The number of carboxylic acid groups (broad SMARTS) is 1. The van der Waals surface area contributed by atoms with E-state index in [1.165, 1.54) is 0 Å². The number of hydrogen-bond donors (Lipinski definition) is 4. The smallest absolute Gasteiger partial charge is 0.405 e. The van der Waals surface area contributed by atoms with Crippen molar-refractivity contribution in [1.82, 2.24) is 20.9 Å². The van der Waals surface area contributed by atoms with Crippen molar-refractivity contribution < 1.29 is 29.1 Å². The van der Waals surface area contributed by atoms with Crippen molar-refractivity contribution >= 4 is 29.6 Å². The van der Waals surface area contributed by atoms with Gasteiger partial charge in [0.2, 0.25) is 17.6 Å². The fourth-order valence-electron chi connectivity index (χ4n) is 4.69. The lowest BCUT2D eigenvalue weighted by molar-refractivity contribution is -0.141. The second-order valence-electron chi connectivity index (χ2n) is 10.4. The first-order valence-electron chi connectivity index (χ1n) is 13.5. The predicted molar refractivity (Wildman–Crippen MR) is 143 cm³/mol. The van der Waals surface area contributed by atoms with Crippen molar-refractivity contribution in [2.75, 3.05) is 13.6 Å². The summed E-state index contributed by atoms with van der Waals surface area (Å²) in [5.74, 6) is -2.41. The number of hydrogen-bond acceptors (Lipinski definition) is 5. The van der Waals surface area contributed by atoms with E-state index in [0.717, 1.165) is 37.7 Å². The molecule has 0 unspecified atom stereocenters. The Labute approximate surface area is 224 Å². The lowest BCUT2D eigenvalue weighted by atomic mass is 9.84. The Morgan fingerprint density at radius 2 is 1.61 bits per heavy atom. The third kappa shape index (κ3) is 10.9. The Morgan fingerprint density at radius 3 is 2.21 bits per heavy atom. The lowest BCUT2D eigenvalue weighted by Gasteiger charge is -2.27.